The summed E-state index contributed by atoms with van der Waals surface area (Å²) in [6, 6.07) is 12.8. The van der Waals surface area contributed by atoms with Crippen molar-refractivity contribution >= 4 is 23.2 Å². The Bertz CT molecular complexity index is 1160. The molecule has 1 amide bonds. The fourth-order valence-electron chi connectivity index (χ4n) is 3.73. The van der Waals surface area contributed by atoms with Gasteiger partial charge in [-0.3, -0.25) is 4.79 Å². The van der Waals surface area contributed by atoms with Gasteiger partial charge in [0.15, 0.2) is 0 Å². The van der Waals surface area contributed by atoms with E-state index in [4.69, 9.17) is 9.47 Å². The number of esters is 1. The fraction of sp³-hybridized carbons (Fsp3) is 0.360. The SMILES string of the molecule is COC(=O)c1ccc(CN2CC(C)CC2=O)c(Oc2ccc(-c3nnc(C(C)C)s3)cc2)c1. The third kappa shape index (κ3) is 5.22. The average Bonchev–Trinajstić information content (AvgIpc) is 3.41. The molecule has 3 aromatic rings. The van der Waals surface area contributed by atoms with Gasteiger partial charge >= 0.3 is 5.97 Å². The van der Waals surface area contributed by atoms with Gasteiger partial charge in [-0.05, 0) is 42.3 Å². The molecule has 1 fully saturated rings. The van der Waals surface area contributed by atoms with Crippen LogP contribution in [-0.2, 0) is 16.1 Å². The quantitative estimate of drug-likeness (QED) is 0.442. The third-order valence-corrected chi connectivity index (χ3v) is 6.79. The van der Waals surface area contributed by atoms with Gasteiger partial charge < -0.3 is 14.4 Å². The molecule has 33 heavy (non-hydrogen) atoms. The Kier molecular flexibility index (Phi) is 6.74. The van der Waals surface area contributed by atoms with Gasteiger partial charge in [-0.25, -0.2) is 4.79 Å². The van der Waals surface area contributed by atoms with Crippen molar-refractivity contribution in [2.75, 3.05) is 13.7 Å². The normalized spacial score (nSPS) is 15.8. The Labute approximate surface area is 197 Å². The van der Waals surface area contributed by atoms with Crippen molar-refractivity contribution in [2.24, 2.45) is 5.92 Å². The monoisotopic (exact) mass is 465 g/mol. The van der Waals surface area contributed by atoms with Crippen molar-refractivity contribution in [3.8, 4) is 22.1 Å². The van der Waals surface area contributed by atoms with E-state index in [-0.39, 0.29) is 5.91 Å². The molecule has 0 N–H and O–H groups in total. The minimum Gasteiger partial charge on any atom is -0.465 e. The highest BCUT2D eigenvalue weighted by Gasteiger charge is 2.27. The molecule has 0 radical (unpaired) electrons. The number of carbonyl (C=O) groups excluding carboxylic acids is 2. The van der Waals surface area contributed by atoms with Gasteiger partial charge in [0, 0.05) is 36.6 Å². The van der Waals surface area contributed by atoms with Crippen LogP contribution < -0.4 is 4.74 Å². The number of methoxy groups -OCH3 is 1. The van der Waals surface area contributed by atoms with E-state index in [1.54, 1.807) is 23.5 Å². The van der Waals surface area contributed by atoms with Crippen molar-refractivity contribution < 1.29 is 19.1 Å². The number of hydrogen-bond acceptors (Lipinski definition) is 7. The van der Waals surface area contributed by atoms with Crippen LogP contribution in [0.2, 0.25) is 0 Å². The molecule has 1 aromatic heterocycles. The number of hydrogen-bond donors (Lipinski definition) is 0. The summed E-state index contributed by atoms with van der Waals surface area (Å²) in [6.45, 7) is 7.40. The van der Waals surface area contributed by atoms with Gasteiger partial charge in [0.25, 0.3) is 0 Å². The number of nitrogens with zero attached hydrogens (tertiary/aromatic N) is 3. The van der Waals surface area contributed by atoms with Gasteiger partial charge in [-0.2, -0.15) is 0 Å². The zero-order valence-corrected chi connectivity index (χ0v) is 20.0. The van der Waals surface area contributed by atoms with E-state index in [0.29, 0.717) is 48.4 Å². The number of ether oxygens (including phenoxy) is 2. The van der Waals surface area contributed by atoms with Crippen LogP contribution in [0.1, 0.15) is 54.0 Å². The lowest BCUT2D eigenvalue weighted by Crippen LogP contribution is -2.24. The molecular formula is C25H27N3O4S. The minimum absolute atomic E-state index is 0.132. The maximum atomic E-state index is 12.3. The number of carbonyl (C=O) groups is 2. The summed E-state index contributed by atoms with van der Waals surface area (Å²) < 4.78 is 11.0. The number of likely N-dealkylation sites (tertiary alicyclic amines) is 1. The van der Waals surface area contributed by atoms with Gasteiger partial charge in [-0.15, -0.1) is 10.2 Å². The molecule has 1 unspecified atom stereocenters. The molecule has 0 saturated carbocycles. The molecule has 1 atom stereocenters. The molecule has 1 aliphatic heterocycles. The molecule has 2 heterocycles. The highest BCUT2D eigenvalue weighted by molar-refractivity contribution is 7.14. The van der Waals surface area contributed by atoms with Crippen LogP contribution in [0.3, 0.4) is 0 Å². The maximum Gasteiger partial charge on any atom is 0.337 e. The number of benzene rings is 2. The summed E-state index contributed by atoms with van der Waals surface area (Å²) in [4.78, 5) is 26.2. The second-order valence-corrected chi connectivity index (χ2v) is 9.63. The smallest absolute Gasteiger partial charge is 0.337 e. The van der Waals surface area contributed by atoms with Crippen molar-refractivity contribution in [3.05, 3.63) is 58.6 Å². The highest BCUT2D eigenvalue weighted by atomic mass is 32.1. The molecule has 8 heteroatoms. The van der Waals surface area contributed by atoms with E-state index in [1.165, 1.54) is 7.11 Å². The molecule has 4 rings (SSSR count). The number of amides is 1. The molecule has 0 bridgehead atoms. The Morgan fingerprint density at radius 2 is 1.94 bits per heavy atom. The van der Waals surface area contributed by atoms with Crippen molar-refractivity contribution in [3.63, 3.8) is 0 Å². The lowest BCUT2D eigenvalue weighted by molar-refractivity contribution is -0.128. The molecular weight excluding hydrogens is 438 g/mol. The van der Waals surface area contributed by atoms with Crippen molar-refractivity contribution in [1.82, 2.24) is 15.1 Å². The molecule has 1 aliphatic rings. The van der Waals surface area contributed by atoms with Gasteiger partial charge in [0.05, 0.1) is 12.7 Å². The Hall–Kier alpha value is -3.26. The topological polar surface area (TPSA) is 81.6 Å². The molecule has 172 valence electrons. The van der Waals surface area contributed by atoms with Crippen LogP contribution in [-0.4, -0.2) is 40.6 Å². The Morgan fingerprint density at radius 1 is 1.18 bits per heavy atom. The van der Waals surface area contributed by atoms with Gasteiger partial charge in [0.1, 0.15) is 21.5 Å². The minimum atomic E-state index is -0.440. The van der Waals surface area contributed by atoms with E-state index in [1.807, 2.05) is 35.2 Å². The average molecular weight is 466 g/mol. The largest absolute Gasteiger partial charge is 0.465 e. The molecule has 0 aliphatic carbocycles. The van der Waals surface area contributed by atoms with Crippen LogP contribution in [0.5, 0.6) is 11.5 Å². The molecule has 7 nitrogen and oxygen atoms in total. The van der Waals surface area contributed by atoms with Crippen molar-refractivity contribution in [1.29, 1.82) is 0 Å². The standard InChI is InChI=1S/C25H27N3O4S/c1-15(2)23-26-27-24(33-23)17-7-9-20(10-8-17)32-21-12-18(25(30)31-4)5-6-19(21)14-28-13-16(3)11-22(28)29/h5-10,12,15-16H,11,13-14H2,1-4H3. The highest BCUT2D eigenvalue weighted by Crippen LogP contribution is 2.32. The van der Waals surface area contributed by atoms with E-state index >= 15 is 0 Å². The zero-order valence-electron chi connectivity index (χ0n) is 19.2. The van der Waals surface area contributed by atoms with E-state index in [9.17, 15) is 9.59 Å². The Balaban J connectivity index is 1.58. The Morgan fingerprint density at radius 3 is 2.55 bits per heavy atom. The first-order valence-corrected chi connectivity index (χ1v) is 11.8. The van der Waals surface area contributed by atoms with Crippen LogP contribution in [0.25, 0.3) is 10.6 Å². The van der Waals surface area contributed by atoms with Crippen LogP contribution in [0.4, 0.5) is 0 Å². The summed E-state index contributed by atoms with van der Waals surface area (Å²) in [5, 5.41) is 10.4. The number of aromatic nitrogens is 2. The van der Waals surface area contributed by atoms with Crippen LogP contribution >= 0.6 is 11.3 Å². The summed E-state index contributed by atoms with van der Waals surface area (Å²) in [6.07, 6.45) is 0.558. The fourth-order valence-corrected chi connectivity index (χ4v) is 4.58. The van der Waals surface area contributed by atoms with Crippen LogP contribution in [0, 0.1) is 5.92 Å². The van der Waals surface area contributed by atoms with E-state index < -0.39 is 5.97 Å². The number of rotatable bonds is 7. The molecule has 0 spiro atoms. The second-order valence-electron chi connectivity index (χ2n) is 8.62. The summed E-state index contributed by atoms with van der Waals surface area (Å²) in [7, 11) is 1.35. The third-order valence-electron chi connectivity index (χ3n) is 5.52. The second kappa shape index (κ2) is 9.70. The van der Waals surface area contributed by atoms with Gasteiger partial charge in [-0.1, -0.05) is 38.2 Å². The first kappa shape index (κ1) is 22.9. The van der Waals surface area contributed by atoms with E-state index in [2.05, 4.69) is 31.0 Å². The summed E-state index contributed by atoms with van der Waals surface area (Å²) in [5.41, 5.74) is 2.19. The zero-order chi connectivity index (χ0) is 23.5. The molecule has 2 aromatic carbocycles. The molecule has 1 saturated heterocycles. The lowest BCUT2D eigenvalue weighted by Gasteiger charge is -2.19. The first-order valence-electron chi connectivity index (χ1n) is 10.9. The predicted octanol–water partition coefficient (Wildman–Crippen LogP) is 5.28. The maximum absolute atomic E-state index is 12.3. The van der Waals surface area contributed by atoms with E-state index in [0.717, 1.165) is 21.1 Å². The lowest BCUT2D eigenvalue weighted by atomic mass is 10.1. The first-order chi connectivity index (χ1) is 15.8. The van der Waals surface area contributed by atoms with Gasteiger partial charge in [0.2, 0.25) is 5.91 Å². The predicted molar refractivity (Wildman–Crippen MR) is 126 cm³/mol. The van der Waals surface area contributed by atoms with Crippen LogP contribution in [0.15, 0.2) is 42.5 Å². The van der Waals surface area contributed by atoms with Crippen molar-refractivity contribution in [2.45, 2.75) is 39.7 Å². The summed E-state index contributed by atoms with van der Waals surface area (Å²) >= 11 is 1.58. The summed E-state index contributed by atoms with van der Waals surface area (Å²) in [5.74, 6) is 1.51.